The van der Waals surface area contributed by atoms with Gasteiger partial charge in [-0.3, -0.25) is 9.88 Å². The summed E-state index contributed by atoms with van der Waals surface area (Å²) in [7, 11) is 1.94. The van der Waals surface area contributed by atoms with Crippen LogP contribution >= 0.6 is 11.3 Å². The number of fused-ring (bicyclic) bond motifs is 7. The van der Waals surface area contributed by atoms with Crippen LogP contribution in [-0.4, -0.2) is 81.0 Å². The van der Waals surface area contributed by atoms with Gasteiger partial charge in [0.05, 0.1) is 32.4 Å². The average Bonchev–Trinajstić information content (AvgIpc) is 3.83. The second kappa shape index (κ2) is 10.2. The Morgan fingerprint density at radius 2 is 2.00 bits per heavy atom. The molecule has 0 saturated carbocycles. The van der Waals surface area contributed by atoms with Gasteiger partial charge in [0.25, 0.3) is 0 Å². The highest BCUT2D eigenvalue weighted by molar-refractivity contribution is 7.23. The minimum Gasteiger partial charge on any atom is -0.461 e. The number of alkyl halides is 1. The van der Waals surface area contributed by atoms with Gasteiger partial charge in [0, 0.05) is 67.7 Å². The summed E-state index contributed by atoms with van der Waals surface area (Å²) in [6.07, 6.45) is 5.54. The fourth-order valence-electron chi connectivity index (χ4n) is 8.61. The van der Waals surface area contributed by atoms with Crippen molar-refractivity contribution < 1.29 is 13.5 Å². The van der Waals surface area contributed by atoms with E-state index in [0.717, 1.165) is 78.8 Å². The Morgan fingerprint density at radius 1 is 1.17 bits per heavy atom. The Labute approximate surface area is 267 Å². The van der Waals surface area contributed by atoms with Gasteiger partial charge in [0.2, 0.25) is 0 Å². The monoisotopic (exact) mass is 641 g/mol. The third-order valence-corrected chi connectivity index (χ3v) is 11.7. The summed E-state index contributed by atoms with van der Waals surface area (Å²) in [6.45, 7) is 3.31. The molecule has 4 aromatic heterocycles. The first kappa shape index (κ1) is 28.1. The van der Waals surface area contributed by atoms with Crippen LogP contribution in [0.1, 0.15) is 37.7 Å². The number of ether oxygens (including phenoxy) is 1. The zero-order valence-corrected chi connectivity index (χ0v) is 26.2. The maximum Gasteiger partial charge on any atom is 0.320 e. The fraction of sp³-hybridized carbons (Fsp3) is 0.455. The number of nitrogen functional groups attached to an aromatic ring is 1. The number of aryl methyl sites for hydroxylation is 1. The first-order chi connectivity index (χ1) is 22.3. The summed E-state index contributed by atoms with van der Waals surface area (Å²) >= 11 is 1.07. The summed E-state index contributed by atoms with van der Waals surface area (Å²) in [6, 6.07) is 8.26. The zero-order valence-electron chi connectivity index (χ0n) is 25.4. The molecule has 0 amide bonds. The number of hydrogen-bond acceptors (Lipinski definition) is 10. The second-order valence-corrected chi connectivity index (χ2v) is 14.4. The largest absolute Gasteiger partial charge is 0.461 e. The molecule has 4 atom stereocenters. The number of piperazine rings is 1. The van der Waals surface area contributed by atoms with E-state index in [9.17, 15) is 14.0 Å². The molecular weight excluding hydrogens is 608 g/mol. The molecule has 46 heavy (non-hydrogen) atoms. The molecule has 5 aromatic rings. The molecule has 236 valence electrons. The van der Waals surface area contributed by atoms with E-state index in [1.165, 1.54) is 6.07 Å². The van der Waals surface area contributed by atoms with Gasteiger partial charge in [-0.1, -0.05) is 0 Å². The smallest absolute Gasteiger partial charge is 0.320 e. The highest BCUT2D eigenvalue weighted by Crippen LogP contribution is 2.45. The quantitative estimate of drug-likeness (QED) is 0.276. The van der Waals surface area contributed by atoms with Gasteiger partial charge in [-0.25, -0.2) is 8.78 Å². The fourth-order valence-corrected chi connectivity index (χ4v) is 9.56. The number of nitrogens with zero attached hydrogens (tertiary/aromatic N) is 7. The minimum absolute atomic E-state index is 0.252. The Morgan fingerprint density at radius 3 is 2.80 bits per heavy atom. The predicted octanol–water partition coefficient (Wildman–Crippen LogP) is 4.89. The molecule has 10 nitrogen and oxygen atoms in total. The summed E-state index contributed by atoms with van der Waals surface area (Å²) in [4.78, 5) is 19.4. The SMILES string of the molecule is Cn1c2nc(OC[C@@]34CCCN3C[C@H](F)C4)nc(N3C[C@H]4CC[C@@H](C3)N4)c2c2ccnc(-c3ccc(F)c4sc(N)c(C#N)c34)c21. The molecule has 1 aromatic carbocycles. The van der Waals surface area contributed by atoms with Crippen molar-refractivity contribution in [3.05, 3.63) is 35.8 Å². The number of halogens is 2. The van der Waals surface area contributed by atoms with Crippen LogP contribution in [0.2, 0.25) is 0 Å². The number of rotatable bonds is 5. The molecule has 0 radical (unpaired) electrons. The highest BCUT2D eigenvalue weighted by Gasteiger charge is 2.49. The molecular formula is C33H33F2N9OS. The maximum atomic E-state index is 15.0. The van der Waals surface area contributed by atoms with Crippen LogP contribution in [0.5, 0.6) is 6.01 Å². The summed E-state index contributed by atoms with van der Waals surface area (Å²) in [5.41, 5.74) is 8.83. The number of anilines is 2. The van der Waals surface area contributed by atoms with E-state index in [-0.39, 0.29) is 22.1 Å². The van der Waals surface area contributed by atoms with Gasteiger partial charge in [-0.05, 0) is 50.4 Å². The maximum absolute atomic E-state index is 15.0. The topological polar surface area (TPSA) is 121 Å². The lowest BCUT2D eigenvalue weighted by Crippen LogP contribution is -2.51. The number of thiophene rings is 1. The van der Waals surface area contributed by atoms with Gasteiger partial charge >= 0.3 is 6.01 Å². The van der Waals surface area contributed by atoms with Crippen LogP contribution in [0.4, 0.5) is 19.6 Å². The number of hydrogen-bond donors (Lipinski definition) is 2. The van der Waals surface area contributed by atoms with Gasteiger partial charge in [-0.15, -0.1) is 11.3 Å². The Bertz CT molecular complexity index is 2090. The first-order valence-electron chi connectivity index (χ1n) is 15.9. The molecule has 4 fully saturated rings. The standard InChI is InChI=1S/C33H33F2N9OS/c1-42-27-21(7-9-38-26(27)20-5-6-23(35)28-24(20)22(12-36)29(37)46-28)25-30(42)40-32(41-31(25)43-14-18-3-4-19(15-43)39-18)45-16-33-8-2-10-44(33)13-17(34)11-33/h5-7,9,17-19,39H,2-4,8,10-11,13-16,37H2,1H3/t17-,18-,19+,33+/m1/s1. The lowest BCUT2D eigenvalue weighted by molar-refractivity contribution is 0.107. The molecule has 0 unspecified atom stereocenters. The minimum atomic E-state index is -0.846. The molecule has 4 aliphatic heterocycles. The predicted molar refractivity (Wildman–Crippen MR) is 174 cm³/mol. The van der Waals surface area contributed by atoms with Gasteiger partial charge in [0.15, 0.2) is 0 Å². The summed E-state index contributed by atoms with van der Waals surface area (Å²) in [5.74, 6) is 0.379. The number of aromatic nitrogens is 4. The van der Waals surface area contributed by atoms with E-state index >= 15 is 0 Å². The van der Waals surface area contributed by atoms with Gasteiger partial charge in [0.1, 0.15) is 41.1 Å². The number of nitrogens with one attached hydrogen (secondary N) is 1. The lowest BCUT2D eigenvalue weighted by Gasteiger charge is -2.34. The number of nitriles is 1. The van der Waals surface area contributed by atoms with Crippen LogP contribution < -0.4 is 20.7 Å². The van der Waals surface area contributed by atoms with E-state index in [1.807, 2.05) is 17.7 Å². The van der Waals surface area contributed by atoms with Crippen LogP contribution in [0.25, 0.3) is 43.3 Å². The second-order valence-electron chi connectivity index (χ2n) is 13.3. The third kappa shape index (κ3) is 4.06. The molecule has 9 rings (SSSR count). The van der Waals surface area contributed by atoms with Crippen molar-refractivity contribution in [1.82, 2.24) is 29.7 Å². The van der Waals surface area contributed by atoms with Crippen LogP contribution in [0.15, 0.2) is 24.4 Å². The Hall–Kier alpha value is -4.12. The van der Waals surface area contributed by atoms with Crippen molar-refractivity contribution in [2.24, 2.45) is 7.05 Å². The Kier molecular flexibility index (Phi) is 6.23. The molecule has 4 saturated heterocycles. The van der Waals surface area contributed by atoms with E-state index in [4.69, 9.17) is 25.4 Å². The van der Waals surface area contributed by atoms with E-state index in [2.05, 4.69) is 21.2 Å². The average molecular weight is 642 g/mol. The molecule has 4 aliphatic rings. The third-order valence-electron chi connectivity index (χ3n) is 10.6. The van der Waals surface area contributed by atoms with Crippen molar-refractivity contribution in [2.45, 2.75) is 55.9 Å². The molecule has 3 N–H and O–H groups in total. The molecule has 0 aliphatic carbocycles. The molecule has 8 heterocycles. The van der Waals surface area contributed by atoms with Crippen LogP contribution in [-0.2, 0) is 7.05 Å². The summed E-state index contributed by atoms with van der Waals surface area (Å²) < 4.78 is 38.3. The van der Waals surface area contributed by atoms with Crippen LogP contribution in [0.3, 0.4) is 0 Å². The van der Waals surface area contributed by atoms with E-state index in [1.54, 1.807) is 12.3 Å². The first-order valence-corrected chi connectivity index (χ1v) is 16.7. The Balaban J connectivity index is 1.24. The number of nitrogens with two attached hydrogens (primary N) is 1. The lowest BCUT2D eigenvalue weighted by atomic mass is 9.95. The van der Waals surface area contributed by atoms with Crippen molar-refractivity contribution in [2.75, 3.05) is 43.4 Å². The number of benzene rings is 1. The van der Waals surface area contributed by atoms with Gasteiger partial charge < -0.3 is 25.3 Å². The molecule has 13 heteroatoms. The van der Waals surface area contributed by atoms with Crippen molar-refractivity contribution >= 4 is 54.2 Å². The molecule has 2 bridgehead atoms. The van der Waals surface area contributed by atoms with E-state index in [0.29, 0.717) is 58.6 Å². The highest BCUT2D eigenvalue weighted by atomic mass is 32.1. The van der Waals surface area contributed by atoms with Crippen LogP contribution in [0, 0.1) is 17.1 Å². The summed E-state index contributed by atoms with van der Waals surface area (Å²) in [5, 5.41) is 16.2. The van der Waals surface area contributed by atoms with Crippen molar-refractivity contribution in [3.8, 4) is 23.3 Å². The van der Waals surface area contributed by atoms with Crippen molar-refractivity contribution in [1.29, 1.82) is 5.26 Å². The number of pyridine rings is 1. The normalized spacial score (nSPS) is 26.0. The molecule has 0 spiro atoms. The van der Waals surface area contributed by atoms with Gasteiger partial charge in [-0.2, -0.15) is 15.2 Å². The van der Waals surface area contributed by atoms with Crippen molar-refractivity contribution in [3.63, 3.8) is 0 Å². The van der Waals surface area contributed by atoms with E-state index < -0.39 is 12.0 Å². The zero-order chi connectivity index (χ0) is 31.3.